The van der Waals surface area contributed by atoms with Gasteiger partial charge in [0.05, 0.1) is 6.61 Å². The zero-order valence-electron chi connectivity index (χ0n) is 46.0. The van der Waals surface area contributed by atoms with Gasteiger partial charge in [0.25, 0.3) is 0 Å². The van der Waals surface area contributed by atoms with Gasteiger partial charge < -0.3 is 86.4 Å². The number of thiol groups is 7. The van der Waals surface area contributed by atoms with Crippen LogP contribution in [0, 0.1) is 0 Å². The van der Waals surface area contributed by atoms with Crippen LogP contribution in [0.5, 0.6) is 0 Å². The van der Waals surface area contributed by atoms with Gasteiger partial charge in [-0.3, -0.25) is 67.1 Å². The maximum Gasteiger partial charge on any atom is 0.471 e. The van der Waals surface area contributed by atoms with Crippen molar-refractivity contribution in [3.63, 3.8) is 0 Å². The van der Waals surface area contributed by atoms with E-state index in [4.69, 9.17) is 22.3 Å². The molecule has 0 aliphatic carbocycles. The lowest BCUT2D eigenvalue weighted by Gasteiger charge is -2.13. The van der Waals surface area contributed by atoms with E-state index in [0.29, 0.717) is 17.9 Å². The Morgan fingerprint density at radius 1 is 0.405 bits per heavy atom. The van der Waals surface area contributed by atoms with Gasteiger partial charge in [-0.1, -0.05) is 0 Å². The van der Waals surface area contributed by atoms with E-state index in [1.165, 1.54) is 59.3 Å². The number of nitrogens with two attached hydrogens (primary N) is 5. The van der Waals surface area contributed by atoms with Crippen LogP contribution in [0.4, 0.5) is 26.3 Å². The summed E-state index contributed by atoms with van der Waals surface area (Å²) in [7, 11) is 3.03. The molecule has 0 radical (unpaired) electrons. The van der Waals surface area contributed by atoms with Crippen molar-refractivity contribution in [2.75, 3.05) is 61.0 Å². The fourth-order valence-electron chi connectivity index (χ4n) is 3.65. The molecular weight excluding hydrogens is 1280 g/mol. The van der Waals surface area contributed by atoms with Crippen molar-refractivity contribution >= 4 is 177 Å². The highest BCUT2D eigenvalue weighted by molar-refractivity contribution is 7.81. The number of rotatable bonds is 24. The molecule has 84 heavy (non-hydrogen) atoms. The van der Waals surface area contributed by atoms with Crippen molar-refractivity contribution < 1.29 is 103 Å². The van der Waals surface area contributed by atoms with Crippen LogP contribution in [0.2, 0.25) is 0 Å². The fraction of sp³-hybridized carbons (Fsp3) is 0.634. The average Bonchev–Trinajstić information content (AvgIpc) is 3.39. The van der Waals surface area contributed by atoms with E-state index in [1.54, 1.807) is 0 Å². The molecule has 43 heteroatoms. The molecule has 14 amide bonds. The number of unbranched alkanes of at least 4 members (excludes halogenated alkanes) is 1. The van der Waals surface area contributed by atoms with Crippen LogP contribution in [0.1, 0.15) is 47.5 Å². The van der Waals surface area contributed by atoms with Crippen molar-refractivity contribution in [2.45, 2.75) is 102 Å². The number of aliphatic hydroxyl groups is 1. The van der Waals surface area contributed by atoms with Crippen LogP contribution >= 0.6 is 88.4 Å². The normalized spacial score (nSPS) is 12.2. The summed E-state index contributed by atoms with van der Waals surface area (Å²) in [6.45, 7) is 6.14. The van der Waals surface area contributed by atoms with Crippen LogP contribution in [-0.4, -0.2) is 210 Å². The first kappa shape index (κ1) is 94.6. The van der Waals surface area contributed by atoms with Gasteiger partial charge in [0.15, 0.2) is 0 Å². The molecule has 0 spiro atoms. The lowest BCUT2D eigenvalue weighted by atomic mass is 10.3. The van der Waals surface area contributed by atoms with Gasteiger partial charge >= 0.3 is 24.2 Å². The van der Waals surface area contributed by atoms with E-state index < -0.39 is 109 Å². The molecule has 0 aromatic carbocycles. The van der Waals surface area contributed by atoms with E-state index in [1.807, 2.05) is 0 Å². The van der Waals surface area contributed by atoms with E-state index in [0.717, 1.165) is 18.5 Å². The minimum atomic E-state index is -5.02. The number of aliphatic hydroxyl groups excluding tert-OH is 1. The quantitative estimate of drug-likeness (QED) is 0.0185. The number of aldehydes is 1. The van der Waals surface area contributed by atoms with Gasteiger partial charge in [0.2, 0.25) is 70.9 Å². The first-order valence-corrected chi connectivity index (χ1v) is 27.2. The molecule has 490 valence electrons. The SMILES string of the molecule is CC(=O)N[C@@H](CO)C(N)=O.CC(=O)N[C@@H](CS)C(N)=O.CC(=O)N[C@H](CS)C(N)=O.CNC(=O)[C@@H](CS)NC(C)=O.CNC(=O)[C@H](CS)NC(C)=O.NC(=O)[C@@H](CS)NC(=O)C(F)(F)F.NC(=O)[C@H](CS)NC(=O)C(F)(F)F.O=CCCCS. The molecule has 0 saturated carbocycles. The Kier molecular flexibility index (Phi) is 63.5. The van der Waals surface area contributed by atoms with E-state index in [2.05, 4.69) is 137 Å². The average molecular weight is 1360 g/mol. The molecule has 30 nitrogen and oxygen atoms in total. The molecule has 0 aromatic heterocycles. The summed E-state index contributed by atoms with van der Waals surface area (Å²) in [6.07, 6.45) is -7.56. The zero-order chi connectivity index (χ0) is 68.3. The predicted octanol–water partition coefficient (Wildman–Crippen LogP) is -6.09. The molecule has 0 aliphatic heterocycles. The summed E-state index contributed by atoms with van der Waals surface area (Å²) in [4.78, 5) is 156. The van der Waals surface area contributed by atoms with Gasteiger partial charge in [-0.15, -0.1) is 0 Å². The molecule has 0 bridgehead atoms. The van der Waals surface area contributed by atoms with Crippen molar-refractivity contribution in [1.29, 1.82) is 0 Å². The first-order valence-electron chi connectivity index (χ1n) is 22.8. The standard InChI is InChI=1S/2C6H12N2O2S.2C5H7F3N2O2S.C5H10N2O3.2C5H10N2O2S.C4H8OS/c2*1-4(9)8-5(3-11)6(10)7-2;2*6-5(7,8)4(12)10-2(1-13)3(9)11;1-3(9)7-4(2-8)5(6)10;2*1-3(8)7-4(2-10)5(6)9;5-3-1-2-4-6/h2*5,11H,3H2,1-2H3,(H,7,10)(H,8,9);2*2,13H,1H2,(H2,9,11)(H,10,12);4,8H,2H2,1H3,(H2,6,10)(H,7,9);2*4,10H,2H2,1H3,(H2,6,9)(H,7,8);3,6H,1-2,4H2/t2*5-;2*2-;3*4-;/m1010010./s1. The highest BCUT2D eigenvalue weighted by Crippen LogP contribution is 2.15. The largest absolute Gasteiger partial charge is 0.471 e. The highest BCUT2D eigenvalue weighted by atomic mass is 32.1. The predicted molar refractivity (Wildman–Crippen MR) is 317 cm³/mol. The maximum absolute atomic E-state index is 11.6. The lowest BCUT2D eigenvalue weighted by Crippen LogP contribution is -2.50. The summed E-state index contributed by atoms with van der Waals surface area (Å²) < 4.78 is 69.7. The summed E-state index contributed by atoms with van der Waals surface area (Å²) in [5.74, 6) is -8.93. The minimum Gasteiger partial charge on any atom is -0.394 e. The first-order chi connectivity index (χ1) is 38.4. The van der Waals surface area contributed by atoms with Gasteiger partial charge in [-0.25, -0.2) is 0 Å². The number of carbonyl (C=O) groups is 15. The number of likely N-dealkylation sites (N-methyl/N-ethyl adjacent to an activating group) is 2. The number of alkyl halides is 6. The van der Waals surface area contributed by atoms with Crippen LogP contribution in [-0.2, 0) is 71.9 Å². The van der Waals surface area contributed by atoms with Crippen LogP contribution < -0.4 is 76.5 Å². The van der Waals surface area contributed by atoms with Crippen molar-refractivity contribution in [2.24, 2.45) is 28.7 Å². The molecule has 0 heterocycles. The minimum absolute atomic E-state index is 0.227. The molecule has 0 aliphatic rings. The molecule has 0 unspecified atom stereocenters. The number of hydrogen-bond donors (Lipinski definition) is 22. The molecule has 0 rings (SSSR count). The van der Waals surface area contributed by atoms with Crippen LogP contribution in [0.15, 0.2) is 0 Å². The fourth-order valence-corrected chi connectivity index (χ4v) is 5.43. The highest BCUT2D eigenvalue weighted by Gasteiger charge is 2.41. The van der Waals surface area contributed by atoms with Crippen molar-refractivity contribution in [3.8, 4) is 0 Å². The topological polar surface area (TPSA) is 515 Å². The van der Waals surface area contributed by atoms with Gasteiger partial charge in [0, 0.05) is 89.7 Å². The molecule has 0 fully saturated rings. The maximum atomic E-state index is 11.6. The summed E-state index contributed by atoms with van der Waals surface area (Å²) in [6, 6.07) is -6.13. The molecule has 0 aromatic rings. The van der Waals surface area contributed by atoms with Gasteiger partial charge in [-0.2, -0.15) is 115 Å². The third kappa shape index (κ3) is 62.3. The van der Waals surface area contributed by atoms with E-state index in [9.17, 15) is 98.3 Å². The Hall–Kier alpha value is -5.76. The van der Waals surface area contributed by atoms with E-state index >= 15 is 0 Å². The molecule has 20 N–H and O–H groups in total. The third-order valence-corrected chi connectivity index (χ3v) is 10.1. The number of hydrogen-bond acceptors (Lipinski definition) is 23. The van der Waals surface area contributed by atoms with Crippen molar-refractivity contribution in [3.05, 3.63) is 0 Å². The van der Waals surface area contributed by atoms with Crippen molar-refractivity contribution in [1.82, 2.24) is 47.9 Å². The lowest BCUT2D eigenvalue weighted by molar-refractivity contribution is -0.174. The number of primary amides is 5. The summed E-state index contributed by atoms with van der Waals surface area (Å²) in [5, 5.41) is 27.8. The molecule has 7 atom stereocenters. The van der Waals surface area contributed by atoms with E-state index in [-0.39, 0.29) is 58.5 Å². The Labute approximate surface area is 517 Å². The van der Waals surface area contributed by atoms with Gasteiger partial charge in [0.1, 0.15) is 48.6 Å². The second kappa shape index (κ2) is 56.4. The molecule has 0 saturated heterocycles. The van der Waals surface area contributed by atoms with Gasteiger partial charge in [-0.05, 0) is 12.2 Å². The Morgan fingerprint density at radius 2 is 0.607 bits per heavy atom. The third-order valence-electron chi connectivity index (χ3n) is 7.61. The number of carbonyl (C=O) groups excluding carboxylic acids is 15. The Morgan fingerprint density at radius 3 is 0.714 bits per heavy atom. The summed E-state index contributed by atoms with van der Waals surface area (Å²) in [5.41, 5.74) is 23.9. The second-order valence-corrected chi connectivity index (χ2v) is 17.5. The summed E-state index contributed by atoms with van der Waals surface area (Å²) >= 11 is 26.4. The number of nitrogens with one attached hydrogen (secondary N) is 9. The smallest absolute Gasteiger partial charge is 0.394 e. The Balaban J connectivity index is -0.000000132. The second-order valence-electron chi connectivity index (χ2n) is 14.9. The van der Waals surface area contributed by atoms with Crippen LogP contribution in [0.3, 0.4) is 0 Å². The molecular formula is C41H76F6N14O16S7. The number of halogens is 6. The Bertz CT molecular complexity index is 1900. The number of amides is 14. The van der Waals surface area contributed by atoms with Crippen LogP contribution in [0.25, 0.3) is 0 Å². The monoisotopic (exact) mass is 1360 g/mol. The zero-order valence-corrected chi connectivity index (χ0v) is 52.3.